The zero-order chi connectivity index (χ0) is 17.4. The molecule has 1 aliphatic heterocycles. The Hall–Kier alpha value is -2.47. The number of aryl methyl sites for hydroxylation is 2. The van der Waals surface area contributed by atoms with Crippen molar-refractivity contribution in [2.24, 2.45) is 0 Å². The van der Waals surface area contributed by atoms with E-state index in [-0.39, 0.29) is 5.91 Å². The molecule has 6 heteroatoms. The Morgan fingerprint density at radius 1 is 1.04 bits per heavy atom. The first-order valence-electron chi connectivity index (χ1n) is 8.44. The number of amides is 1. The van der Waals surface area contributed by atoms with Gasteiger partial charge in [-0.25, -0.2) is 4.98 Å². The summed E-state index contributed by atoms with van der Waals surface area (Å²) in [7, 11) is 0. The van der Waals surface area contributed by atoms with Gasteiger partial charge in [0.2, 0.25) is 0 Å². The molecular weight excluding hydrogens is 332 g/mol. The van der Waals surface area contributed by atoms with Gasteiger partial charge in [0.25, 0.3) is 5.91 Å². The van der Waals surface area contributed by atoms with Gasteiger partial charge in [-0.05, 0) is 43.2 Å². The fraction of sp³-hybridized carbons (Fsp3) is 0.316. The smallest absolute Gasteiger partial charge is 0.254 e. The first-order chi connectivity index (χ1) is 12.1. The van der Waals surface area contributed by atoms with Gasteiger partial charge in [0.05, 0.1) is 10.2 Å². The molecule has 0 atom stereocenters. The average molecular weight is 352 g/mol. The molecule has 5 nitrogen and oxygen atoms in total. The summed E-state index contributed by atoms with van der Waals surface area (Å²) in [4.78, 5) is 25.6. The molecule has 1 saturated heterocycles. The second kappa shape index (κ2) is 6.44. The summed E-state index contributed by atoms with van der Waals surface area (Å²) >= 11 is 1.74. The minimum absolute atomic E-state index is 0.0813. The number of hydrogen-bond acceptors (Lipinski definition) is 5. The largest absolute Gasteiger partial charge is 0.345 e. The van der Waals surface area contributed by atoms with Crippen LogP contribution >= 0.6 is 11.3 Å². The molecule has 0 aliphatic carbocycles. The molecular formula is C19H20N4OS. The fourth-order valence-corrected chi connectivity index (χ4v) is 4.20. The third-order valence-electron chi connectivity index (χ3n) is 4.84. The summed E-state index contributed by atoms with van der Waals surface area (Å²) in [6.07, 6.45) is 3.32. The third kappa shape index (κ3) is 2.98. The topological polar surface area (TPSA) is 49.3 Å². The van der Waals surface area contributed by atoms with E-state index in [0.29, 0.717) is 5.56 Å². The highest BCUT2D eigenvalue weighted by molar-refractivity contribution is 7.22. The maximum atomic E-state index is 12.5. The van der Waals surface area contributed by atoms with Crippen LogP contribution in [0.4, 0.5) is 5.13 Å². The van der Waals surface area contributed by atoms with E-state index in [0.717, 1.165) is 36.8 Å². The van der Waals surface area contributed by atoms with Crippen molar-refractivity contribution in [3.63, 3.8) is 0 Å². The highest BCUT2D eigenvalue weighted by Gasteiger charge is 2.24. The van der Waals surface area contributed by atoms with Gasteiger partial charge >= 0.3 is 0 Å². The highest BCUT2D eigenvalue weighted by Crippen LogP contribution is 2.32. The van der Waals surface area contributed by atoms with Gasteiger partial charge in [0.1, 0.15) is 0 Å². The van der Waals surface area contributed by atoms with Crippen molar-refractivity contribution in [3.8, 4) is 0 Å². The molecule has 0 unspecified atom stereocenters. The van der Waals surface area contributed by atoms with Gasteiger partial charge in [-0.2, -0.15) is 0 Å². The molecule has 1 aromatic carbocycles. The summed E-state index contributed by atoms with van der Waals surface area (Å²) in [6, 6.07) is 7.85. The maximum absolute atomic E-state index is 12.5. The van der Waals surface area contributed by atoms with Crippen molar-refractivity contribution in [1.82, 2.24) is 14.9 Å². The molecule has 0 bridgehead atoms. The zero-order valence-corrected chi connectivity index (χ0v) is 15.2. The van der Waals surface area contributed by atoms with Crippen LogP contribution in [0.5, 0.6) is 0 Å². The quantitative estimate of drug-likeness (QED) is 0.710. The number of carbonyl (C=O) groups excluding carboxylic acids is 1. The molecule has 1 aliphatic rings. The number of anilines is 1. The molecule has 4 rings (SSSR count). The Bertz CT molecular complexity index is 914. The van der Waals surface area contributed by atoms with E-state index < -0.39 is 0 Å². The van der Waals surface area contributed by atoms with Crippen LogP contribution < -0.4 is 4.90 Å². The van der Waals surface area contributed by atoms with E-state index >= 15 is 0 Å². The number of pyridine rings is 1. The number of fused-ring (bicyclic) bond motifs is 1. The predicted octanol–water partition coefficient (Wildman–Crippen LogP) is 3.27. The molecule has 2 aromatic heterocycles. The average Bonchev–Trinajstić information content (AvgIpc) is 3.10. The summed E-state index contributed by atoms with van der Waals surface area (Å²) in [6.45, 7) is 7.32. The van der Waals surface area contributed by atoms with Crippen LogP contribution in [0.25, 0.3) is 10.2 Å². The van der Waals surface area contributed by atoms with Crippen molar-refractivity contribution < 1.29 is 4.79 Å². The van der Waals surface area contributed by atoms with E-state index in [1.165, 1.54) is 15.8 Å². The Morgan fingerprint density at radius 3 is 2.48 bits per heavy atom. The van der Waals surface area contributed by atoms with Gasteiger partial charge in [-0.1, -0.05) is 17.4 Å². The lowest BCUT2D eigenvalue weighted by atomic mass is 10.1. The SMILES string of the molecule is Cc1ccc2sc(N3CCN(C(=O)c4ccncc4)CC3)nc2c1C. The first kappa shape index (κ1) is 16.0. The number of aromatic nitrogens is 2. The summed E-state index contributed by atoms with van der Waals surface area (Å²) in [5.74, 6) is 0.0813. The number of benzene rings is 1. The lowest BCUT2D eigenvalue weighted by Crippen LogP contribution is -2.48. The standard InChI is InChI=1S/C19H20N4OS/c1-13-3-4-16-17(14(13)2)21-19(25-16)23-11-9-22(10-12-23)18(24)15-5-7-20-8-6-15/h3-8H,9-12H2,1-2H3. The zero-order valence-electron chi connectivity index (χ0n) is 14.4. The van der Waals surface area contributed by atoms with E-state index in [9.17, 15) is 4.79 Å². The number of hydrogen-bond donors (Lipinski definition) is 0. The Labute approximate surface area is 150 Å². The summed E-state index contributed by atoms with van der Waals surface area (Å²) in [5.41, 5.74) is 4.34. The molecule has 1 amide bonds. The fourth-order valence-electron chi connectivity index (χ4n) is 3.13. The number of piperazine rings is 1. The van der Waals surface area contributed by atoms with Gasteiger partial charge in [0, 0.05) is 44.1 Å². The van der Waals surface area contributed by atoms with E-state index in [4.69, 9.17) is 4.98 Å². The molecule has 0 N–H and O–H groups in total. The molecule has 0 spiro atoms. The molecule has 128 valence electrons. The molecule has 3 aromatic rings. The van der Waals surface area contributed by atoms with E-state index in [2.05, 4.69) is 35.9 Å². The van der Waals surface area contributed by atoms with Crippen molar-refractivity contribution in [2.45, 2.75) is 13.8 Å². The number of rotatable bonds is 2. The third-order valence-corrected chi connectivity index (χ3v) is 5.92. The van der Waals surface area contributed by atoms with Gasteiger partial charge in [-0.3, -0.25) is 9.78 Å². The Kier molecular flexibility index (Phi) is 4.13. The first-order valence-corrected chi connectivity index (χ1v) is 9.26. The minimum Gasteiger partial charge on any atom is -0.345 e. The van der Waals surface area contributed by atoms with Crippen molar-refractivity contribution in [3.05, 3.63) is 53.3 Å². The van der Waals surface area contributed by atoms with Crippen LogP contribution in [-0.2, 0) is 0 Å². The van der Waals surface area contributed by atoms with Crippen molar-refractivity contribution >= 4 is 32.6 Å². The number of carbonyl (C=O) groups is 1. The second-order valence-electron chi connectivity index (χ2n) is 6.37. The summed E-state index contributed by atoms with van der Waals surface area (Å²) in [5, 5.41) is 1.06. The Balaban J connectivity index is 1.49. The predicted molar refractivity (Wildman–Crippen MR) is 101 cm³/mol. The van der Waals surface area contributed by atoms with Crippen LogP contribution in [0.3, 0.4) is 0 Å². The molecule has 3 heterocycles. The van der Waals surface area contributed by atoms with Crippen LogP contribution in [0.1, 0.15) is 21.5 Å². The maximum Gasteiger partial charge on any atom is 0.254 e. The lowest BCUT2D eigenvalue weighted by molar-refractivity contribution is 0.0746. The van der Waals surface area contributed by atoms with Gasteiger partial charge < -0.3 is 9.80 Å². The molecule has 25 heavy (non-hydrogen) atoms. The monoisotopic (exact) mass is 352 g/mol. The Morgan fingerprint density at radius 2 is 1.76 bits per heavy atom. The minimum atomic E-state index is 0.0813. The van der Waals surface area contributed by atoms with Crippen molar-refractivity contribution in [1.29, 1.82) is 0 Å². The number of thiazole rings is 1. The normalized spacial score (nSPS) is 15.0. The van der Waals surface area contributed by atoms with Gasteiger partial charge in [0.15, 0.2) is 5.13 Å². The van der Waals surface area contributed by atoms with Crippen LogP contribution in [-0.4, -0.2) is 47.0 Å². The molecule has 0 saturated carbocycles. The van der Waals surface area contributed by atoms with E-state index in [1.54, 1.807) is 35.9 Å². The molecule has 0 radical (unpaired) electrons. The molecule has 1 fully saturated rings. The van der Waals surface area contributed by atoms with Crippen LogP contribution in [0, 0.1) is 13.8 Å². The highest BCUT2D eigenvalue weighted by atomic mass is 32.1. The van der Waals surface area contributed by atoms with Crippen LogP contribution in [0.15, 0.2) is 36.7 Å². The van der Waals surface area contributed by atoms with Gasteiger partial charge in [-0.15, -0.1) is 0 Å². The number of nitrogens with zero attached hydrogens (tertiary/aromatic N) is 4. The van der Waals surface area contributed by atoms with E-state index in [1.807, 2.05) is 4.90 Å². The summed E-state index contributed by atoms with van der Waals surface area (Å²) < 4.78 is 1.23. The second-order valence-corrected chi connectivity index (χ2v) is 7.37. The van der Waals surface area contributed by atoms with Crippen LogP contribution in [0.2, 0.25) is 0 Å². The lowest BCUT2D eigenvalue weighted by Gasteiger charge is -2.34. The van der Waals surface area contributed by atoms with Crippen molar-refractivity contribution in [2.75, 3.05) is 31.1 Å².